The van der Waals surface area contributed by atoms with Gasteiger partial charge in [-0.3, -0.25) is 9.59 Å². The third-order valence-corrected chi connectivity index (χ3v) is 4.94. The molecule has 10 heteroatoms. The molecule has 34 heavy (non-hydrogen) atoms. The summed E-state index contributed by atoms with van der Waals surface area (Å²) < 4.78 is 25.6. The summed E-state index contributed by atoms with van der Waals surface area (Å²) >= 11 is 0. The monoisotopic (exact) mass is 466 g/mol. The van der Waals surface area contributed by atoms with Crippen LogP contribution in [0.4, 0.5) is 0 Å². The predicted molar refractivity (Wildman–Crippen MR) is 119 cm³/mol. The SMILES string of the molecule is COC(=O)c1cc(C(=O)c2ccc(OC)c(OC)c2)nnc1C(=O)c1ccc(OC)c(OC)c1. The van der Waals surface area contributed by atoms with Crippen molar-refractivity contribution in [2.75, 3.05) is 35.5 Å². The van der Waals surface area contributed by atoms with Gasteiger partial charge in [0.2, 0.25) is 11.6 Å². The van der Waals surface area contributed by atoms with Crippen LogP contribution in [0.1, 0.15) is 42.5 Å². The number of methoxy groups -OCH3 is 5. The lowest BCUT2D eigenvalue weighted by Gasteiger charge is -2.11. The molecule has 0 fully saturated rings. The topological polar surface area (TPSA) is 123 Å². The minimum atomic E-state index is -0.847. The molecule has 0 bridgehead atoms. The molecule has 0 spiro atoms. The third kappa shape index (κ3) is 4.65. The fourth-order valence-electron chi connectivity index (χ4n) is 3.18. The second-order valence-electron chi connectivity index (χ2n) is 6.78. The van der Waals surface area contributed by atoms with E-state index in [2.05, 4.69) is 10.2 Å². The number of rotatable bonds is 9. The van der Waals surface area contributed by atoms with Crippen molar-refractivity contribution in [1.29, 1.82) is 0 Å². The molecule has 1 heterocycles. The molecule has 0 aliphatic heterocycles. The Hall–Kier alpha value is -4.47. The van der Waals surface area contributed by atoms with Crippen molar-refractivity contribution in [2.45, 2.75) is 0 Å². The van der Waals surface area contributed by atoms with Gasteiger partial charge in [0, 0.05) is 11.1 Å². The molecule has 0 radical (unpaired) electrons. The molecular formula is C24H22N2O8. The minimum absolute atomic E-state index is 0.156. The Morgan fingerprint density at radius 3 is 1.59 bits per heavy atom. The number of benzene rings is 2. The fourth-order valence-corrected chi connectivity index (χ4v) is 3.18. The van der Waals surface area contributed by atoms with Gasteiger partial charge in [-0.1, -0.05) is 0 Å². The second-order valence-corrected chi connectivity index (χ2v) is 6.78. The zero-order chi connectivity index (χ0) is 24.8. The van der Waals surface area contributed by atoms with Gasteiger partial charge in [0.15, 0.2) is 23.0 Å². The van der Waals surface area contributed by atoms with Crippen LogP contribution < -0.4 is 18.9 Å². The third-order valence-electron chi connectivity index (χ3n) is 4.94. The average molecular weight is 466 g/mol. The van der Waals surface area contributed by atoms with Crippen LogP contribution in [0.15, 0.2) is 42.5 Å². The highest BCUT2D eigenvalue weighted by Gasteiger charge is 2.25. The maximum absolute atomic E-state index is 13.1. The number of ketones is 2. The van der Waals surface area contributed by atoms with E-state index in [1.54, 1.807) is 12.1 Å². The zero-order valence-corrected chi connectivity index (χ0v) is 19.2. The van der Waals surface area contributed by atoms with Crippen LogP contribution in [0.3, 0.4) is 0 Å². The van der Waals surface area contributed by atoms with Crippen molar-refractivity contribution >= 4 is 17.5 Å². The van der Waals surface area contributed by atoms with Crippen molar-refractivity contribution < 1.29 is 38.1 Å². The van der Waals surface area contributed by atoms with Crippen molar-refractivity contribution in [3.05, 3.63) is 70.5 Å². The van der Waals surface area contributed by atoms with E-state index in [4.69, 9.17) is 23.7 Å². The first-order chi connectivity index (χ1) is 16.4. The standard InChI is InChI=1S/C24H22N2O8/c1-30-17-8-6-13(10-19(17)32-3)22(27)16-12-15(24(29)34-5)21(26-25-16)23(28)14-7-9-18(31-2)20(11-14)33-4/h6-12H,1-5H3. The Morgan fingerprint density at radius 1 is 0.618 bits per heavy atom. The molecule has 3 aromatic rings. The largest absolute Gasteiger partial charge is 0.493 e. The smallest absolute Gasteiger partial charge is 0.340 e. The Balaban J connectivity index is 2.04. The Kier molecular flexibility index (Phi) is 7.42. The van der Waals surface area contributed by atoms with E-state index in [0.29, 0.717) is 23.0 Å². The molecule has 0 N–H and O–H groups in total. The van der Waals surface area contributed by atoms with E-state index >= 15 is 0 Å². The Labute approximate surface area is 195 Å². The van der Waals surface area contributed by atoms with Crippen LogP contribution in [0.5, 0.6) is 23.0 Å². The highest BCUT2D eigenvalue weighted by molar-refractivity contribution is 6.15. The summed E-state index contributed by atoms with van der Waals surface area (Å²) in [7, 11) is 6.97. The van der Waals surface area contributed by atoms with Crippen molar-refractivity contribution in [3.8, 4) is 23.0 Å². The summed E-state index contributed by atoms with van der Waals surface area (Å²) in [5, 5.41) is 7.79. The number of esters is 1. The summed E-state index contributed by atoms with van der Waals surface area (Å²) in [6, 6.07) is 10.2. The van der Waals surface area contributed by atoms with Crippen LogP contribution in [0, 0.1) is 0 Å². The molecule has 0 amide bonds. The van der Waals surface area contributed by atoms with Gasteiger partial charge in [-0.2, -0.15) is 0 Å². The number of carbonyl (C=O) groups excluding carboxylic acids is 3. The quantitative estimate of drug-likeness (QED) is 0.343. The molecule has 0 atom stereocenters. The van der Waals surface area contributed by atoms with E-state index in [1.807, 2.05) is 0 Å². The number of nitrogens with zero attached hydrogens (tertiary/aromatic N) is 2. The van der Waals surface area contributed by atoms with Gasteiger partial charge in [0.25, 0.3) is 0 Å². The fraction of sp³-hybridized carbons (Fsp3) is 0.208. The lowest BCUT2D eigenvalue weighted by molar-refractivity contribution is 0.0596. The van der Waals surface area contributed by atoms with E-state index in [-0.39, 0.29) is 28.1 Å². The molecule has 176 valence electrons. The Morgan fingerprint density at radius 2 is 1.12 bits per heavy atom. The molecule has 0 unspecified atom stereocenters. The summed E-state index contributed by atoms with van der Waals surface area (Å²) in [4.78, 5) is 38.6. The molecule has 1 aromatic heterocycles. The maximum atomic E-state index is 13.1. The van der Waals surface area contributed by atoms with Crippen molar-refractivity contribution in [1.82, 2.24) is 10.2 Å². The Bertz CT molecular complexity index is 1260. The maximum Gasteiger partial charge on any atom is 0.340 e. The summed E-state index contributed by atoms with van der Waals surface area (Å²) in [5.41, 5.74) is -0.238. The molecule has 0 saturated heterocycles. The van der Waals surface area contributed by atoms with Crippen LogP contribution in [0.25, 0.3) is 0 Å². The van der Waals surface area contributed by atoms with Crippen molar-refractivity contribution in [3.63, 3.8) is 0 Å². The zero-order valence-electron chi connectivity index (χ0n) is 19.2. The van der Waals surface area contributed by atoms with Gasteiger partial charge in [-0.15, -0.1) is 10.2 Å². The number of carbonyl (C=O) groups is 3. The first kappa shape index (κ1) is 24.2. The normalized spacial score (nSPS) is 10.3. The predicted octanol–water partition coefficient (Wildman–Crippen LogP) is 2.76. The van der Waals surface area contributed by atoms with Crippen molar-refractivity contribution in [2.24, 2.45) is 0 Å². The number of aromatic nitrogens is 2. The summed E-state index contributed by atoms with van der Waals surface area (Å²) in [6.07, 6.45) is 0. The van der Waals surface area contributed by atoms with Crippen LogP contribution in [-0.2, 0) is 4.74 Å². The first-order valence-electron chi connectivity index (χ1n) is 9.87. The highest BCUT2D eigenvalue weighted by atomic mass is 16.5. The lowest BCUT2D eigenvalue weighted by Crippen LogP contribution is -2.18. The molecule has 3 rings (SSSR count). The summed E-state index contributed by atoms with van der Waals surface area (Å²) in [6.45, 7) is 0. The van der Waals surface area contributed by atoms with Gasteiger partial charge in [-0.05, 0) is 42.5 Å². The highest BCUT2D eigenvalue weighted by Crippen LogP contribution is 2.30. The van der Waals surface area contributed by atoms with E-state index < -0.39 is 17.5 Å². The van der Waals surface area contributed by atoms with Gasteiger partial charge in [-0.25, -0.2) is 4.79 Å². The average Bonchev–Trinajstić information content (AvgIpc) is 2.90. The van der Waals surface area contributed by atoms with Gasteiger partial charge >= 0.3 is 5.97 Å². The molecule has 2 aromatic carbocycles. The van der Waals surface area contributed by atoms with Gasteiger partial charge in [0.1, 0.15) is 11.4 Å². The first-order valence-corrected chi connectivity index (χ1v) is 9.87. The second kappa shape index (κ2) is 10.4. The minimum Gasteiger partial charge on any atom is -0.493 e. The molecule has 10 nitrogen and oxygen atoms in total. The van der Waals surface area contributed by atoms with Crippen LogP contribution in [-0.4, -0.2) is 63.3 Å². The lowest BCUT2D eigenvalue weighted by atomic mass is 10.0. The van der Waals surface area contributed by atoms with Crippen LogP contribution >= 0.6 is 0 Å². The number of ether oxygens (including phenoxy) is 5. The van der Waals surface area contributed by atoms with Crippen LogP contribution in [0.2, 0.25) is 0 Å². The van der Waals surface area contributed by atoms with E-state index in [1.165, 1.54) is 58.8 Å². The molecular weight excluding hydrogens is 444 g/mol. The number of hydrogen-bond acceptors (Lipinski definition) is 10. The molecule has 0 aliphatic rings. The number of hydrogen-bond donors (Lipinski definition) is 0. The molecule has 0 saturated carbocycles. The van der Waals surface area contributed by atoms with E-state index in [0.717, 1.165) is 7.11 Å². The summed E-state index contributed by atoms with van der Waals surface area (Å²) in [5.74, 6) is -0.468. The molecule has 0 aliphatic carbocycles. The van der Waals surface area contributed by atoms with Gasteiger partial charge < -0.3 is 23.7 Å². The van der Waals surface area contributed by atoms with E-state index in [9.17, 15) is 14.4 Å². The van der Waals surface area contributed by atoms with Gasteiger partial charge in [0.05, 0.1) is 41.1 Å².